The molecule has 0 radical (unpaired) electrons. The molecule has 0 aliphatic rings. The molecule has 78 valence electrons. The van der Waals surface area contributed by atoms with Gasteiger partial charge in [0.05, 0.1) is 18.3 Å². The average molecular weight is 205 g/mol. The minimum absolute atomic E-state index is 0.0930. The fourth-order valence-electron chi connectivity index (χ4n) is 0.870. The second kappa shape index (κ2) is 4.91. The number of carbonyl (C=O) groups excluding carboxylic acids is 1. The van der Waals surface area contributed by atoms with Gasteiger partial charge < -0.3 is 10.2 Å². The van der Waals surface area contributed by atoms with Crippen molar-refractivity contribution >= 4 is 11.7 Å². The van der Waals surface area contributed by atoms with E-state index in [9.17, 15) is 4.79 Å². The number of rotatable bonds is 3. The summed E-state index contributed by atoms with van der Waals surface area (Å²) in [7, 11) is 3.32. The fraction of sp³-hybridized carbons (Fsp3) is 0.333. The first kappa shape index (κ1) is 10.9. The highest BCUT2D eigenvalue weighted by Crippen LogP contribution is 2.07. The molecule has 15 heavy (non-hydrogen) atoms. The number of hydrogen-bond donors (Lipinski definition) is 1. The van der Waals surface area contributed by atoms with Crippen LogP contribution in [-0.4, -0.2) is 41.6 Å². The number of carbonyl (C=O) groups is 1. The van der Waals surface area contributed by atoms with E-state index in [1.54, 1.807) is 14.1 Å². The third-order valence-electron chi connectivity index (χ3n) is 1.75. The van der Waals surface area contributed by atoms with Crippen molar-refractivity contribution < 1.29 is 4.79 Å². The van der Waals surface area contributed by atoms with Gasteiger partial charge in [0.2, 0.25) is 5.91 Å². The van der Waals surface area contributed by atoms with Crippen LogP contribution in [0.2, 0.25) is 0 Å². The van der Waals surface area contributed by atoms with E-state index in [1.165, 1.54) is 17.2 Å². The monoisotopic (exact) mass is 205 g/mol. The molecule has 0 aliphatic carbocycles. The minimum atomic E-state index is -0.0930. The van der Waals surface area contributed by atoms with Gasteiger partial charge in [-0.25, -0.2) is 0 Å². The van der Waals surface area contributed by atoms with E-state index in [1.807, 2.05) is 6.07 Å². The van der Waals surface area contributed by atoms with E-state index in [0.29, 0.717) is 11.4 Å². The van der Waals surface area contributed by atoms with Gasteiger partial charge in [0.15, 0.2) is 5.82 Å². The standard InChI is InChI=1S/C9H11N5O/c1-14(2)8(15)6-11-9-7(5-10)3-4-12-13-9/h3-4H,6H2,1-2H3,(H,11,13). The highest BCUT2D eigenvalue weighted by Gasteiger charge is 2.06. The van der Waals surface area contributed by atoms with Crippen LogP contribution >= 0.6 is 0 Å². The second-order valence-electron chi connectivity index (χ2n) is 3.05. The molecule has 1 heterocycles. The number of nitriles is 1. The van der Waals surface area contributed by atoms with E-state index in [0.717, 1.165) is 0 Å². The van der Waals surface area contributed by atoms with Crippen molar-refractivity contribution in [3.05, 3.63) is 17.8 Å². The number of anilines is 1. The zero-order chi connectivity index (χ0) is 11.3. The van der Waals surface area contributed by atoms with Gasteiger partial charge in [0, 0.05) is 14.1 Å². The molecule has 0 saturated carbocycles. The quantitative estimate of drug-likeness (QED) is 0.742. The lowest BCUT2D eigenvalue weighted by atomic mass is 10.3. The van der Waals surface area contributed by atoms with Crippen LogP contribution in [0, 0.1) is 11.3 Å². The Morgan fingerprint density at radius 1 is 1.67 bits per heavy atom. The van der Waals surface area contributed by atoms with Crippen LogP contribution in [0.5, 0.6) is 0 Å². The number of likely N-dealkylation sites (N-methyl/N-ethyl adjacent to an activating group) is 1. The number of aromatic nitrogens is 2. The summed E-state index contributed by atoms with van der Waals surface area (Å²) in [6, 6.07) is 3.50. The summed E-state index contributed by atoms with van der Waals surface area (Å²) in [5.41, 5.74) is 0.372. The summed E-state index contributed by atoms with van der Waals surface area (Å²) >= 11 is 0. The first-order chi connectivity index (χ1) is 7.15. The zero-order valence-corrected chi connectivity index (χ0v) is 8.56. The van der Waals surface area contributed by atoms with Gasteiger partial charge in [0.25, 0.3) is 0 Å². The first-order valence-corrected chi connectivity index (χ1v) is 4.31. The summed E-state index contributed by atoms with van der Waals surface area (Å²) in [5, 5.41) is 18.9. The third kappa shape index (κ3) is 2.91. The maximum atomic E-state index is 11.2. The van der Waals surface area contributed by atoms with E-state index >= 15 is 0 Å². The molecule has 0 bridgehead atoms. The Bertz CT molecular complexity index is 396. The Balaban J connectivity index is 2.66. The van der Waals surface area contributed by atoms with Crippen LogP contribution in [0.25, 0.3) is 0 Å². The molecule has 6 nitrogen and oxygen atoms in total. The van der Waals surface area contributed by atoms with Crippen LogP contribution in [0.15, 0.2) is 12.3 Å². The fourth-order valence-corrected chi connectivity index (χ4v) is 0.870. The Hall–Kier alpha value is -2.16. The average Bonchev–Trinajstić information content (AvgIpc) is 2.26. The van der Waals surface area contributed by atoms with Crippen molar-refractivity contribution in [1.29, 1.82) is 5.26 Å². The molecule has 0 aromatic carbocycles. The van der Waals surface area contributed by atoms with Gasteiger partial charge in [0.1, 0.15) is 6.07 Å². The summed E-state index contributed by atoms with van der Waals surface area (Å²) < 4.78 is 0. The van der Waals surface area contributed by atoms with Gasteiger partial charge in [-0.05, 0) is 6.07 Å². The SMILES string of the molecule is CN(C)C(=O)CNc1nnccc1C#N. The summed E-state index contributed by atoms with van der Waals surface area (Å²) in [5.74, 6) is 0.236. The molecule has 1 aromatic heterocycles. The molecule has 0 aliphatic heterocycles. The predicted molar refractivity (Wildman–Crippen MR) is 53.9 cm³/mol. The molecule has 0 unspecified atom stereocenters. The molecule has 6 heteroatoms. The van der Waals surface area contributed by atoms with Gasteiger partial charge in [-0.15, -0.1) is 5.10 Å². The highest BCUT2D eigenvalue weighted by molar-refractivity contribution is 5.80. The van der Waals surface area contributed by atoms with Crippen LogP contribution in [0.4, 0.5) is 5.82 Å². The normalized spacial score (nSPS) is 9.13. The smallest absolute Gasteiger partial charge is 0.241 e. The number of nitrogens with zero attached hydrogens (tertiary/aromatic N) is 4. The first-order valence-electron chi connectivity index (χ1n) is 4.31. The molecule has 1 rings (SSSR count). The minimum Gasteiger partial charge on any atom is -0.358 e. The molecule has 0 saturated heterocycles. The lowest BCUT2D eigenvalue weighted by Gasteiger charge is -2.11. The van der Waals surface area contributed by atoms with Gasteiger partial charge >= 0.3 is 0 Å². The molecule has 0 spiro atoms. The third-order valence-corrected chi connectivity index (χ3v) is 1.75. The maximum Gasteiger partial charge on any atom is 0.241 e. The Labute approximate surface area is 87.5 Å². The van der Waals surface area contributed by atoms with Crippen molar-refractivity contribution in [2.45, 2.75) is 0 Å². The Morgan fingerprint density at radius 3 is 3.00 bits per heavy atom. The molecular weight excluding hydrogens is 194 g/mol. The molecule has 0 fully saturated rings. The topological polar surface area (TPSA) is 81.9 Å². The summed E-state index contributed by atoms with van der Waals surface area (Å²) in [6.07, 6.45) is 1.43. The van der Waals surface area contributed by atoms with E-state index in [4.69, 9.17) is 5.26 Å². The lowest BCUT2D eigenvalue weighted by Crippen LogP contribution is -2.29. The Morgan fingerprint density at radius 2 is 2.40 bits per heavy atom. The van der Waals surface area contributed by atoms with Crippen LogP contribution in [0.1, 0.15) is 5.56 Å². The van der Waals surface area contributed by atoms with Crippen molar-refractivity contribution in [3.63, 3.8) is 0 Å². The number of nitrogens with one attached hydrogen (secondary N) is 1. The van der Waals surface area contributed by atoms with Gasteiger partial charge in [-0.1, -0.05) is 0 Å². The zero-order valence-electron chi connectivity index (χ0n) is 8.56. The van der Waals surface area contributed by atoms with E-state index in [2.05, 4.69) is 15.5 Å². The largest absolute Gasteiger partial charge is 0.358 e. The van der Waals surface area contributed by atoms with Crippen LogP contribution in [0.3, 0.4) is 0 Å². The lowest BCUT2D eigenvalue weighted by molar-refractivity contribution is -0.126. The number of hydrogen-bond acceptors (Lipinski definition) is 5. The molecule has 1 N–H and O–H groups in total. The van der Waals surface area contributed by atoms with Gasteiger partial charge in [-0.3, -0.25) is 4.79 Å². The van der Waals surface area contributed by atoms with E-state index < -0.39 is 0 Å². The highest BCUT2D eigenvalue weighted by atomic mass is 16.2. The molecular formula is C9H11N5O. The van der Waals surface area contributed by atoms with Crippen molar-refractivity contribution in [3.8, 4) is 6.07 Å². The van der Waals surface area contributed by atoms with Crippen LogP contribution < -0.4 is 5.32 Å². The van der Waals surface area contributed by atoms with E-state index in [-0.39, 0.29) is 12.5 Å². The van der Waals surface area contributed by atoms with Gasteiger partial charge in [-0.2, -0.15) is 10.4 Å². The molecule has 0 atom stereocenters. The Kier molecular flexibility index (Phi) is 3.57. The van der Waals surface area contributed by atoms with Crippen molar-refractivity contribution in [2.75, 3.05) is 26.0 Å². The number of amides is 1. The van der Waals surface area contributed by atoms with Crippen LogP contribution in [-0.2, 0) is 4.79 Å². The van der Waals surface area contributed by atoms with Crippen molar-refractivity contribution in [1.82, 2.24) is 15.1 Å². The second-order valence-corrected chi connectivity index (χ2v) is 3.05. The summed E-state index contributed by atoms with van der Waals surface area (Å²) in [6.45, 7) is 0.0976. The van der Waals surface area contributed by atoms with Crippen molar-refractivity contribution in [2.24, 2.45) is 0 Å². The molecule has 1 aromatic rings. The molecule has 1 amide bonds. The summed E-state index contributed by atoms with van der Waals surface area (Å²) in [4.78, 5) is 12.7. The predicted octanol–water partition coefficient (Wildman–Crippen LogP) is -0.152. The maximum absolute atomic E-state index is 11.2.